The molecule has 1 atom stereocenters. The number of anilines is 1. The Morgan fingerprint density at radius 2 is 2.20 bits per heavy atom. The molecule has 0 spiro atoms. The van der Waals surface area contributed by atoms with Crippen LogP contribution < -0.4 is 10.6 Å². The van der Waals surface area contributed by atoms with E-state index in [9.17, 15) is 13.2 Å². The molecular formula is C13H18N2O3S2. The van der Waals surface area contributed by atoms with Gasteiger partial charge in [0, 0.05) is 30.0 Å². The highest BCUT2D eigenvalue weighted by molar-refractivity contribution is 7.99. The standard InChI is InChI=1S/C13H18N2O3S2/c1-9-3-4-10(20(2,17)18)7-11(9)15-13(16)12-8-19-6-5-14-12/h3-4,7,12,14H,5-6,8H2,1-2H3,(H,15,16). The van der Waals surface area contributed by atoms with Gasteiger partial charge in [-0.3, -0.25) is 4.79 Å². The minimum atomic E-state index is -3.27. The average Bonchev–Trinajstić information content (AvgIpc) is 2.41. The number of aryl methyl sites for hydroxylation is 1. The van der Waals surface area contributed by atoms with Crippen LogP contribution in [0.15, 0.2) is 23.1 Å². The molecule has 1 unspecified atom stereocenters. The number of nitrogens with one attached hydrogen (secondary N) is 2. The summed E-state index contributed by atoms with van der Waals surface area (Å²) in [5.74, 6) is 1.62. The highest BCUT2D eigenvalue weighted by Crippen LogP contribution is 2.21. The molecule has 110 valence electrons. The van der Waals surface area contributed by atoms with E-state index >= 15 is 0 Å². The predicted molar refractivity (Wildman–Crippen MR) is 82.0 cm³/mol. The minimum Gasteiger partial charge on any atom is -0.324 e. The zero-order valence-electron chi connectivity index (χ0n) is 11.5. The van der Waals surface area contributed by atoms with Gasteiger partial charge in [-0.1, -0.05) is 6.07 Å². The Balaban J connectivity index is 2.18. The van der Waals surface area contributed by atoms with Crippen molar-refractivity contribution in [2.24, 2.45) is 0 Å². The van der Waals surface area contributed by atoms with E-state index in [1.807, 2.05) is 6.92 Å². The van der Waals surface area contributed by atoms with Crippen molar-refractivity contribution in [2.45, 2.75) is 17.9 Å². The molecule has 2 rings (SSSR count). The molecule has 0 aliphatic carbocycles. The second kappa shape index (κ2) is 6.15. The van der Waals surface area contributed by atoms with Crippen LogP contribution in [0.5, 0.6) is 0 Å². The van der Waals surface area contributed by atoms with E-state index in [4.69, 9.17) is 0 Å². The lowest BCUT2D eigenvalue weighted by molar-refractivity contribution is -0.117. The van der Waals surface area contributed by atoms with E-state index in [1.165, 1.54) is 6.07 Å². The van der Waals surface area contributed by atoms with Gasteiger partial charge in [-0.2, -0.15) is 11.8 Å². The van der Waals surface area contributed by atoms with E-state index in [0.717, 1.165) is 29.9 Å². The molecule has 1 aromatic carbocycles. The molecule has 0 bridgehead atoms. The summed E-state index contributed by atoms with van der Waals surface area (Å²) in [5.41, 5.74) is 1.39. The average molecular weight is 314 g/mol. The number of amides is 1. The Bertz CT molecular complexity index is 608. The van der Waals surface area contributed by atoms with Gasteiger partial charge in [0.15, 0.2) is 9.84 Å². The highest BCUT2D eigenvalue weighted by atomic mass is 32.2. The Kier molecular flexibility index (Phi) is 4.72. The van der Waals surface area contributed by atoms with Crippen molar-refractivity contribution in [3.8, 4) is 0 Å². The van der Waals surface area contributed by atoms with Gasteiger partial charge in [-0.15, -0.1) is 0 Å². The van der Waals surface area contributed by atoms with Crippen LogP contribution in [0.1, 0.15) is 5.56 Å². The number of benzene rings is 1. The smallest absolute Gasteiger partial charge is 0.242 e. The van der Waals surface area contributed by atoms with E-state index < -0.39 is 9.84 Å². The van der Waals surface area contributed by atoms with Gasteiger partial charge in [0.1, 0.15) is 0 Å². The lowest BCUT2D eigenvalue weighted by Crippen LogP contribution is -2.46. The van der Waals surface area contributed by atoms with Gasteiger partial charge in [-0.25, -0.2) is 8.42 Å². The van der Waals surface area contributed by atoms with E-state index in [0.29, 0.717) is 5.69 Å². The first-order chi connectivity index (χ1) is 9.38. The fourth-order valence-corrected chi connectivity index (χ4v) is 3.50. The van der Waals surface area contributed by atoms with Gasteiger partial charge in [0.05, 0.1) is 10.9 Å². The van der Waals surface area contributed by atoms with Crippen molar-refractivity contribution in [1.82, 2.24) is 5.32 Å². The zero-order chi connectivity index (χ0) is 14.8. The Morgan fingerprint density at radius 3 is 2.80 bits per heavy atom. The normalized spacial score (nSPS) is 19.6. The molecule has 0 aromatic heterocycles. The first-order valence-electron chi connectivity index (χ1n) is 6.30. The van der Waals surface area contributed by atoms with Crippen LogP contribution in [0.4, 0.5) is 5.69 Å². The Labute approximate surface area is 123 Å². The summed E-state index contributed by atoms with van der Waals surface area (Å²) in [7, 11) is -3.27. The predicted octanol–water partition coefficient (Wildman–Crippen LogP) is 1.04. The number of carbonyl (C=O) groups is 1. The number of carbonyl (C=O) groups excluding carboxylic acids is 1. The molecule has 0 radical (unpaired) electrons. The quantitative estimate of drug-likeness (QED) is 0.872. The molecule has 1 aromatic rings. The van der Waals surface area contributed by atoms with E-state index in [2.05, 4.69) is 10.6 Å². The van der Waals surface area contributed by atoms with Crippen LogP contribution in [-0.2, 0) is 14.6 Å². The van der Waals surface area contributed by atoms with Crippen LogP contribution in [-0.4, -0.2) is 44.7 Å². The monoisotopic (exact) mass is 314 g/mol. The molecule has 1 saturated heterocycles. The molecule has 0 saturated carbocycles. The summed E-state index contributed by atoms with van der Waals surface area (Å²) in [6.45, 7) is 2.65. The topological polar surface area (TPSA) is 75.3 Å². The summed E-state index contributed by atoms with van der Waals surface area (Å²) in [5, 5.41) is 5.97. The van der Waals surface area contributed by atoms with E-state index in [1.54, 1.807) is 23.9 Å². The van der Waals surface area contributed by atoms with Gasteiger partial charge in [-0.05, 0) is 24.6 Å². The fraction of sp³-hybridized carbons (Fsp3) is 0.462. The van der Waals surface area contributed by atoms with Crippen molar-refractivity contribution in [3.05, 3.63) is 23.8 Å². The summed E-state index contributed by atoms with van der Waals surface area (Å²) in [6, 6.07) is 4.54. The molecular weight excluding hydrogens is 296 g/mol. The summed E-state index contributed by atoms with van der Waals surface area (Å²) >= 11 is 1.73. The first-order valence-corrected chi connectivity index (χ1v) is 9.35. The van der Waals surface area contributed by atoms with Crippen molar-refractivity contribution >= 4 is 33.2 Å². The van der Waals surface area contributed by atoms with Crippen LogP contribution in [0, 0.1) is 6.92 Å². The molecule has 5 nitrogen and oxygen atoms in total. The van der Waals surface area contributed by atoms with Crippen LogP contribution >= 0.6 is 11.8 Å². The number of hydrogen-bond donors (Lipinski definition) is 2. The maximum Gasteiger partial charge on any atom is 0.242 e. The van der Waals surface area contributed by atoms with Crippen molar-refractivity contribution in [2.75, 3.05) is 29.6 Å². The minimum absolute atomic E-state index is 0.119. The third-order valence-electron chi connectivity index (χ3n) is 3.13. The van der Waals surface area contributed by atoms with Gasteiger partial charge >= 0.3 is 0 Å². The second-order valence-corrected chi connectivity index (χ2v) is 7.99. The second-order valence-electron chi connectivity index (χ2n) is 4.82. The highest BCUT2D eigenvalue weighted by Gasteiger charge is 2.21. The third kappa shape index (κ3) is 3.74. The number of sulfone groups is 1. The first kappa shape index (κ1) is 15.3. The molecule has 1 fully saturated rings. The molecule has 7 heteroatoms. The molecule has 1 heterocycles. The largest absolute Gasteiger partial charge is 0.324 e. The molecule has 1 aliphatic heterocycles. The van der Waals surface area contributed by atoms with Crippen molar-refractivity contribution in [3.63, 3.8) is 0 Å². The summed E-state index contributed by atoms with van der Waals surface area (Å²) in [4.78, 5) is 12.4. The number of rotatable bonds is 3. The maximum absolute atomic E-state index is 12.1. The third-order valence-corrected chi connectivity index (χ3v) is 5.31. The van der Waals surface area contributed by atoms with Crippen molar-refractivity contribution in [1.29, 1.82) is 0 Å². The lowest BCUT2D eigenvalue weighted by Gasteiger charge is -2.22. The van der Waals surface area contributed by atoms with Crippen molar-refractivity contribution < 1.29 is 13.2 Å². The fourth-order valence-electron chi connectivity index (χ4n) is 1.92. The molecule has 20 heavy (non-hydrogen) atoms. The van der Waals surface area contributed by atoms with Crippen LogP contribution in [0.2, 0.25) is 0 Å². The lowest BCUT2D eigenvalue weighted by atomic mass is 10.2. The zero-order valence-corrected chi connectivity index (χ0v) is 13.1. The van der Waals surface area contributed by atoms with E-state index in [-0.39, 0.29) is 16.8 Å². The number of thioether (sulfide) groups is 1. The summed E-state index contributed by atoms with van der Waals surface area (Å²) < 4.78 is 23.1. The molecule has 1 amide bonds. The number of hydrogen-bond acceptors (Lipinski definition) is 5. The van der Waals surface area contributed by atoms with Crippen LogP contribution in [0.3, 0.4) is 0 Å². The van der Waals surface area contributed by atoms with Crippen LogP contribution in [0.25, 0.3) is 0 Å². The maximum atomic E-state index is 12.1. The Morgan fingerprint density at radius 1 is 1.45 bits per heavy atom. The van der Waals surface area contributed by atoms with Gasteiger partial charge in [0.2, 0.25) is 5.91 Å². The summed E-state index contributed by atoms with van der Waals surface area (Å²) in [6.07, 6.45) is 1.16. The SMILES string of the molecule is Cc1ccc(S(C)(=O)=O)cc1NC(=O)C1CSCCN1. The van der Waals surface area contributed by atoms with Gasteiger partial charge in [0.25, 0.3) is 0 Å². The molecule has 1 aliphatic rings. The Hall–Kier alpha value is -1.05. The van der Waals surface area contributed by atoms with Gasteiger partial charge < -0.3 is 10.6 Å². The molecule has 2 N–H and O–H groups in total.